The number of benzene rings is 3. The smallest absolute Gasteiger partial charge is 0.234 e. The average molecular weight is 407 g/mol. The molecule has 0 aromatic heterocycles. The highest BCUT2D eigenvalue weighted by molar-refractivity contribution is 7.96. The third-order valence-corrected chi connectivity index (χ3v) is 10.4. The van der Waals surface area contributed by atoms with Gasteiger partial charge in [-0.05, 0) is 64.1 Å². The first-order chi connectivity index (χ1) is 13.6. The number of rotatable bonds is 7. The molecule has 0 amide bonds. The molecular formula is C24H29N2P2+. The lowest BCUT2D eigenvalue weighted by molar-refractivity contribution is 0.331. The summed E-state index contributed by atoms with van der Waals surface area (Å²) in [6, 6.07) is 33.3. The molecule has 0 radical (unpaired) electrons. The summed E-state index contributed by atoms with van der Waals surface area (Å²) in [6.07, 6.45) is 0. The third-order valence-electron chi connectivity index (χ3n) is 4.73. The van der Waals surface area contributed by atoms with E-state index in [1.54, 1.807) is 0 Å². The standard InChI is InChI=1S/C24H29N2P2/c1-20(2)26(21(3)4)27-25-28(22-14-8-5-9-15-22,23-16-10-6-11-17-23)24-18-12-7-13-19-24/h5-21H,1-4H3/q+1. The van der Waals surface area contributed by atoms with Crippen molar-refractivity contribution < 1.29 is 0 Å². The van der Waals surface area contributed by atoms with Crippen molar-refractivity contribution in [1.29, 1.82) is 0 Å². The highest BCUT2D eigenvalue weighted by Gasteiger charge is 2.46. The first-order valence-electron chi connectivity index (χ1n) is 9.83. The van der Waals surface area contributed by atoms with Gasteiger partial charge in [0.25, 0.3) is 0 Å². The maximum atomic E-state index is 5.52. The Morgan fingerprint density at radius 1 is 0.607 bits per heavy atom. The van der Waals surface area contributed by atoms with Gasteiger partial charge in [0.2, 0.25) is 7.41 Å². The van der Waals surface area contributed by atoms with Crippen LogP contribution in [0.25, 0.3) is 0 Å². The van der Waals surface area contributed by atoms with E-state index < -0.39 is 7.41 Å². The largest absolute Gasteiger partial charge is 0.235 e. The lowest BCUT2D eigenvalue weighted by atomic mass is 10.3. The van der Waals surface area contributed by atoms with E-state index in [9.17, 15) is 0 Å². The summed E-state index contributed by atoms with van der Waals surface area (Å²) >= 11 is 0. The van der Waals surface area contributed by atoms with E-state index in [0.717, 1.165) is 8.52 Å². The maximum absolute atomic E-state index is 5.52. The Kier molecular flexibility index (Phi) is 7.13. The molecule has 3 aromatic rings. The van der Waals surface area contributed by atoms with Crippen molar-refractivity contribution in [2.75, 3.05) is 0 Å². The fraction of sp³-hybridized carbons (Fsp3) is 0.250. The Bertz CT molecular complexity index is 774. The zero-order valence-electron chi connectivity index (χ0n) is 17.1. The summed E-state index contributed by atoms with van der Waals surface area (Å²) in [7, 11) is -1.09. The molecule has 0 saturated heterocycles. The lowest BCUT2D eigenvalue weighted by Crippen LogP contribution is -2.31. The van der Waals surface area contributed by atoms with E-state index in [0.29, 0.717) is 12.1 Å². The minimum atomic E-state index is -2.12. The van der Waals surface area contributed by atoms with Crippen LogP contribution in [0.15, 0.2) is 95.5 Å². The zero-order valence-corrected chi connectivity index (χ0v) is 18.9. The van der Waals surface area contributed by atoms with Crippen molar-refractivity contribution in [3.8, 4) is 0 Å². The van der Waals surface area contributed by atoms with Crippen molar-refractivity contribution in [2.45, 2.75) is 39.8 Å². The van der Waals surface area contributed by atoms with E-state index in [4.69, 9.17) is 4.52 Å². The van der Waals surface area contributed by atoms with E-state index >= 15 is 0 Å². The minimum Gasteiger partial charge on any atom is -0.234 e. The second-order valence-corrected chi connectivity index (χ2v) is 11.6. The van der Waals surface area contributed by atoms with Gasteiger partial charge in [-0.2, -0.15) is 0 Å². The molecule has 0 atom stereocenters. The molecule has 4 heteroatoms. The van der Waals surface area contributed by atoms with Crippen LogP contribution in [0.4, 0.5) is 0 Å². The van der Waals surface area contributed by atoms with Gasteiger partial charge in [0.05, 0.1) is 0 Å². The quantitative estimate of drug-likeness (QED) is 0.435. The summed E-state index contributed by atoms with van der Waals surface area (Å²) in [5, 5.41) is 3.90. The predicted molar refractivity (Wildman–Crippen MR) is 127 cm³/mol. The maximum Gasteiger partial charge on any atom is 0.235 e. The molecule has 28 heavy (non-hydrogen) atoms. The van der Waals surface area contributed by atoms with Crippen LogP contribution in [-0.4, -0.2) is 16.8 Å². The van der Waals surface area contributed by atoms with Crippen LogP contribution in [0, 0.1) is 0 Å². The van der Waals surface area contributed by atoms with Gasteiger partial charge in [0.1, 0.15) is 24.4 Å². The normalized spacial score (nSPS) is 12.4. The van der Waals surface area contributed by atoms with Gasteiger partial charge < -0.3 is 0 Å². The van der Waals surface area contributed by atoms with Crippen molar-refractivity contribution in [3.05, 3.63) is 91.0 Å². The molecule has 0 aliphatic rings. The summed E-state index contributed by atoms with van der Waals surface area (Å²) in [4.78, 5) is 0. The van der Waals surface area contributed by atoms with Crippen LogP contribution in [0.5, 0.6) is 0 Å². The van der Waals surface area contributed by atoms with Crippen LogP contribution in [0.2, 0.25) is 0 Å². The van der Waals surface area contributed by atoms with Gasteiger partial charge in [0, 0.05) is 12.1 Å². The molecule has 0 unspecified atom stereocenters. The minimum absolute atomic E-state index is 0.439. The van der Waals surface area contributed by atoms with E-state index in [-0.39, 0.29) is 0 Å². The first kappa shape index (κ1) is 20.9. The van der Waals surface area contributed by atoms with E-state index in [1.807, 2.05) is 0 Å². The Balaban J connectivity index is 2.28. The predicted octanol–water partition coefficient (Wildman–Crippen LogP) is 6.06. The molecule has 0 saturated carbocycles. The van der Waals surface area contributed by atoms with Crippen molar-refractivity contribution in [1.82, 2.24) is 4.67 Å². The fourth-order valence-corrected chi connectivity index (χ4v) is 8.65. The molecule has 3 rings (SSSR count). The number of hydrogen-bond acceptors (Lipinski definition) is 1. The van der Waals surface area contributed by atoms with Gasteiger partial charge in [-0.1, -0.05) is 59.1 Å². The summed E-state index contributed by atoms with van der Waals surface area (Å²) in [6.45, 7) is 8.98. The Morgan fingerprint density at radius 3 is 1.21 bits per heavy atom. The van der Waals surface area contributed by atoms with E-state index in [1.165, 1.54) is 15.9 Å². The topological polar surface area (TPSA) is 15.6 Å². The van der Waals surface area contributed by atoms with Gasteiger partial charge in [-0.3, -0.25) is 0 Å². The number of hydrogen-bond donors (Lipinski definition) is 0. The SMILES string of the molecule is CC(C)N(P=N[P+](c1ccccc1)(c1ccccc1)c1ccccc1)C(C)C. The van der Waals surface area contributed by atoms with Crippen LogP contribution < -0.4 is 15.9 Å². The first-order valence-corrected chi connectivity index (χ1v) is 12.4. The molecule has 3 aromatic carbocycles. The summed E-state index contributed by atoms with van der Waals surface area (Å²) < 4.78 is 7.95. The highest BCUT2D eigenvalue weighted by Crippen LogP contribution is 2.59. The fourth-order valence-electron chi connectivity index (χ4n) is 3.44. The molecule has 0 fully saturated rings. The van der Waals surface area contributed by atoms with Crippen LogP contribution in [-0.2, 0) is 0 Å². The Morgan fingerprint density at radius 2 is 0.929 bits per heavy atom. The molecular weight excluding hydrogens is 378 g/mol. The van der Waals surface area contributed by atoms with Crippen molar-refractivity contribution in [2.24, 2.45) is 4.52 Å². The summed E-state index contributed by atoms with van der Waals surface area (Å²) in [5.41, 5.74) is 0. The van der Waals surface area contributed by atoms with Crippen LogP contribution >= 0.6 is 15.9 Å². The van der Waals surface area contributed by atoms with Gasteiger partial charge in [0.15, 0.2) is 0 Å². The molecule has 0 aliphatic carbocycles. The molecule has 0 N–H and O–H groups in total. The van der Waals surface area contributed by atoms with Crippen molar-refractivity contribution >= 4 is 31.9 Å². The van der Waals surface area contributed by atoms with Gasteiger partial charge in [-0.25, -0.2) is 4.67 Å². The molecule has 2 nitrogen and oxygen atoms in total. The van der Waals surface area contributed by atoms with Crippen LogP contribution in [0.3, 0.4) is 0 Å². The molecule has 0 spiro atoms. The van der Waals surface area contributed by atoms with Crippen molar-refractivity contribution in [3.63, 3.8) is 0 Å². The van der Waals surface area contributed by atoms with Crippen LogP contribution in [0.1, 0.15) is 27.7 Å². The Labute approximate surface area is 172 Å². The van der Waals surface area contributed by atoms with E-state index in [2.05, 4.69) is 123 Å². The second kappa shape index (κ2) is 9.57. The molecule has 144 valence electrons. The Hall–Kier alpha value is -1.85. The monoisotopic (exact) mass is 407 g/mol. The lowest BCUT2D eigenvalue weighted by Gasteiger charge is -2.26. The average Bonchev–Trinajstić information content (AvgIpc) is 2.73. The molecule has 0 bridgehead atoms. The third kappa shape index (κ3) is 4.41. The van der Waals surface area contributed by atoms with Gasteiger partial charge in [-0.15, -0.1) is 0 Å². The molecule has 0 aliphatic heterocycles. The highest BCUT2D eigenvalue weighted by atomic mass is 31.2. The summed E-state index contributed by atoms with van der Waals surface area (Å²) in [5.74, 6) is 0. The second-order valence-electron chi connectivity index (χ2n) is 7.39. The van der Waals surface area contributed by atoms with Gasteiger partial charge >= 0.3 is 0 Å². The zero-order chi connectivity index (χ0) is 20.0. The molecule has 0 heterocycles. The number of nitrogens with zero attached hydrogens (tertiary/aromatic N) is 2.